The van der Waals surface area contributed by atoms with Crippen LogP contribution in [0.25, 0.3) is 11.1 Å². The molecule has 0 aliphatic carbocycles. The largest absolute Gasteiger partial charge is 0.303 e. The van der Waals surface area contributed by atoms with Crippen molar-refractivity contribution in [3.63, 3.8) is 0 Å². The normalized spacial score (nSPS) is 10.5. The summed E-state index contributed by atoms with van der Waals surface area (Å²) >= 11 is 24.0. The number of hydrogen-bond donors (Lipinski definition) is 0. The molecule has 19 heavy (non-hydrogen) atoms. The van der Waals surface area contributed by atoms with Gasteiger partial charge in [0.15, 0.2) is 0 Å². The van der Waals surface area contributed by atoms with Gasteiger partial charge in [0.05, 0.1) is 15.1 Å². The van der Waals surface area contributed by atoms with E-state index in [9.17, 15) is 4.79 Å². The Labute approximate surface area is 131 Å². The molecule has 0 saturated heterocycles. The maximum Gasteiger partial charge on any atom is 0.124 e. The van der Waals surface area contributed by atoms with Crippen LogP contribution in [-0.4, -0.2) is 6.29 Å². The van der Waals surface area contributed by atoms with Gasteiger partial charge in [-0.05, 0) is 41.0 Å². The van der Waals surface area contributed by atoms with Crippen molar-refractivity contribution >= 4 is 52.7 Å². The van der Waals surface area contributed by atoms with E-state index in [0.717, 1.165) is 23.0 Å². The van der Waals surface area contributed by atoms with Gasteiger partial charge in [-0.15, -0.1) is 0 Å². The number of aldehydes is 1. The molecule has 98 valence electrons. The maximum atomic E-state index is 10.6. The zero-order chi connectivity index (χ0) is 14.0. The Bertz CT molecular complexity index is 614. The molecule has 1 nitrogen and oxygen atoms in total. The molecule has 0 unspecified atom stereocenters. The van der Waals surface area contributed by atoms with Crippen LogP contribution in [0.4, 0.5) is 0 Å². The first kappa shape index (κ1) is 14.7. The fourth-order valence-electron chi connectivity index (χ4n) is 1.75. The highest BCUT2D eigenvalue weighted by molar-refractivity contribution is 6.48. The van der Waals surface area contributed by atoms with Gasteiger partial charge in [-0.3, -0.25) is 0 Å². The number of halogens is 4. The minimum absolute atomic E-state index is 0.308. The summed E-state index contributed by atoms with van der Waals surface area (Å²) in [5.74, 6) is 0. The topological polar surface area (TPSA) is 17.1 Å². The molecule has 0 amide bonds. The lowest BCUT2D eigenvalue weighted by atomic mass is 10.0. The van der Waals surface area contributed by atoms with Crippen LogP contribution in [0, 0.1) is 0 Å². The van der Waals surface area contributed by atoms with Gasteiger partial charge in [-0.25, -0.2) is 0 Å². The predicted octanol–water partition coefficient (Wildman–Crippen LogP) is 5.71. The monoisotopic (exact) mass is 332 g/mol. The first-order valence-corrected chi connectivity index (χ1v) is 6.90. The van der Waals surface area contributed by atoms with Crippen LogP contribution >= 0.6 is 46.4 Å². The molecule has 0 fully saturated rings. The Morgan fingerprint density at radius 2 is 1.42 bits per heavy atom. The highest BCUT2D eigenvalue weighted by Gasteiger charge is 2.09. The lowest BCUT2D eigenvalue weighted by molar-refractivity contribution is -0.107. The van der Waals surface area contributed by atoms with Gasteiger partial charge in [0.1, 0.15) is 6.29 Å². The van der Waals surface area contributed by atoms with Crippen LogP contribution in [0.3, 0.4) is 0 Å². The zero-order valence-electron chi connectivity index (χ0n) is 9.59. The van der Waals surface area contributed by atoms with Gasteiger partial charge < -0.3 is 4.79 Å². The molecule has 0 N–H and O–H groups in total. The molecular weight excluding hydrogens is 326 g/mol. The van der Waals surface area contributed by atoms with E-state index in [1.54, 1.807) is 24.3 Å². The smallest absolute Gasteiger partial charge is 0.124 e. The molecule has 2 aromatic carbocycles. The summed E-state index contributed by atoms with van der Waals surface area (Å²) in [5, 5.41) is 1.63. The van der Waals surface area contributed by atoms with Crippen molar-refractivity contribution in [1.82, 2.24) is 0 Å². The van der Waals surface area contributed by atoms with Crippen LogP contribution in [0.1, 0.15) is 5.56 Å². The summed E-state index contributed by atoms with van der Waals surface area (Å²) in [6, 6.07) is 8.83. The van der Waals surface area contributed by atoms with E-state index in [-0.39, 0.29) is 0 Å². The molecule has 0 bridgehead atoms. The van der Waals surface area contributed by atoms with E-state index in [1.807, 2.05) is 6.07 Å². The van der Waals surface area contributed by atoms with E-state index in [4.69, 9.17) is 46.4 Å². The fraction of sp³-hybridized carbons (Fsp3) is 0.0714. The number of carbonyl (C=O) groups is 1. The number of benzene rings is 2. The number of carbonyl (C=O) groups excluding carboxylic acids is 1. The summed E-state index contributed by atoms with van der Waals surface area (Å²) in [6.07, 6.45) is 1.14. The molecule has 0 atom stereocenters. The van der Waals surface area contributed by atoms with Crippen LogP contribution in [-0.2, 0) is 11.2 Å². The highest BCUT2D eigenvalue weighted by atomic mass is 35.5. The van der Waals surface area contributed by atoms with Crippen LogP contribution in [0.2, 0.25) is 20.1 Å². The summed E-state index contributed by atoms with van der Waals surface area (Å²) < 4.78 is 0. The first-order valence-electron chi connectivity index (χ1n) is 5.39. The summed E-state index contributed by atoms with van der Waals surface area (Å²) in [6.45, 7) is 0. The van der Waals surface area contributed by atoms with Crippen molar-refractivity contribution < 1.29 is 4.79 Å². The lowest BCUT2D eigenvalue weighted by Crippen LogP contribution is -1.88. The Hall–Kier alpha value is -0.730. The van der Waals surface area contributed by atoms with Gasteiger partial charge in [-0.1, -0.05) is 52.5 Å². The SMILES string of the molecule is O=CCc1cc(Cl)cc(-c2cc(Cl)c(Cl)c(Cl)c2)c1. The van der Waals surface area contributed by atoms with Gasteiger partial charge in [0, 0.05) is 11.4 Å². The van der Waals surface area contributed by atoms with Gasteiger partial charge in [-0.2, -0.15) is 0 Å². The second-order valence-electron chi connectivity index (χ2n) is 3.97. The van der Waals surface area contributed by atoms with E-state index < -0.39 is 0 Å². The van der Waals surface area contributed by atoms with Crippen molar-refractivity contribution in [2.24, 2.45) is 0 Å². The fourth-order valence-corrected chi connectivity index (χ4v) is 2.61. The van der Waals surface area contributed by atoms with Crippen LogP contribution in [0.15, 0.2) is 30.3 Å². The molecule has 2 aromatic rings. The van der Waals surface area contributed by atoms with Gasteiger partial charge in [0.2, 0.25) is 0 Å². The van der Waals surface area contributed by atoms with Gasteiger partial charge >= 0.3 is 0 Å². The van der Waals surface area contributed by atoms with E-state index in [1.165, 1.54) is 0 Å². The third-order valence-corrected chi connectivity index (χ3v) is 4.01. The third-order valence-electron chi connectivity index (χ3n) is 2.59. The second-order valence-corrected chi connectivity index (χ2v) is 5.60. The Morgan fingerprint density at radius 3 is 2.00 bits per heavy atom. The van der Waals surface area contributed by atoms with E-state index in [0.29, 0.717) is 26.5 Å². The minimum Gasteiger partial charge on any atom is -0.303 e. The van der Waals surface area contributed by atoms with Crippen molar-refractivity contribution in [2.75, 3.05) is 0 Å². The Balaban J connectivity index is 2.55. The summed E-state index contributed by atoms with van der Waals surface area (Å²) in [7, 11) is 0. The molecule has 0 aromatic heterocycles. The molecule has 0 spiro atoms. The average molecular weight is 334 g/mol. The lowest BCUT2D eigenvalue weighted by Gasteiger charge is -2.08. The maximum absolute atomic E-state index is 10.6. The molecule has 0 saturated carbocycles. The van der Waals surface area contributed by atoms with Gasteiger partial charge in [0.25, 0.3) is 0 Å². The number of hydrogen-bond acceptors (Lipinski definition) is 1. The highest BCUT2D eigenvalue weighted by Crippen LogP contribution is 2.36. The summed E-state index contributed by atoms with van der Waals surface area (Å²) in [5.41, 5.74) is 2.47. The number of rotatable bonds is 3. The molecule has 2 rings (SSSR count). The zero-order valence-corrected chi connectivity index (χ0v) is 12.6. The third kappa shape index (κ3) is 3.43. The second kappa shape index (κ2) is 6.15. The van der Waals surface area contributed by atoms with E-state index >= 15 is 0 Å². The standard InChI is InChI=1S/C14H8Cl4O/c15-11-4-8(1-2-19)3-9(5-11)10-6-12(16)14(18)13(17)7-10/h2-7H,1H2. The molecular formula is C14H8Cl4O. The summed E-state index contributed by atoms with van der Waals surface area (Å²) in [4.78, 5) is 10.6. The van der Waals surface area contributed by atoms with E-state index in [2.05, 4.69) is 0 Å². The molecule has 0 aliphatic heterocycles. The molecule has 5 heteroatoms. The molecule has 0 aliphatic rings. The van der Waals surface area contributed by atoms with Crippen LogP contribution in [0.5, 0.6) is 0 Å². The Kier molecular flexibility index (Phi) is 4.75. The molecule has 0 radical (unpaired) electrons. The minimum atomic E-state index is 0.308. The Morgan fingerprint density at radius 1 is 0.842 bits per heavy atom. The van der Waals surface area contributed by atoms with Crippen molar-refractivity contribution in [3.05, 3.63) is 56.0 Å². The van der Waals surface area contributed by atoms with Crippen LogP contribution < -0.4 is 0 Å². The van der Waals surface area contributed by atoms with Crippen molar-refractivity contribution in [2.45, 2.75) is 6.42 Å². The first-order chi connectivity index (χ1) is 9.01. The predicted molar refractivity (Wildman–Crippen MR) is 81.7 cm³/mol. The molecule has 0 heterocycles. The quantitative estimate of drug-likeness (QED) is 0.519. The average Bonchev–Trinajstić information content (AvgIpc) is 2.35. The van der Waals surface area contributed by atoms with Crippen molar-refractivity contribution in [1.29, 1.82) is 0 Å². The van der Waals surface area contributed by atoms with Crippen molar-refractivity contribution in [3.8, 4) is 11.1 Å².